The summed E-state index contributed by atoms with van der Waals surface area (Å²) in [5.41, 5.74) is 5.14. The van der Waals surface area contributed by atoms with Crippen LogP contribution in [0.25, 0.3) is 16.5 Å². The van der Waals surface area contributed by atoms with Gasteiger partial charge in [0.05, 0.1) is 0 Å². The molecule has 2 aromatic rings. The monoisotopic (exact) mass is 212 g/mol. The molecule has 2 heteroatoms. The van der Waals surface area contributed by atoms with Gasteiger partial charge in [0.15, 0.2) is 0 Å². The zero-order valence-corrected chi connectivity index (χ0v) is 9.34. The molecular formula is C14H16N2. The molecule has 0 unspecified atom stereocenters. The van der Waals surface area contributed by atoms with Crippen LogP contribution in [0.4, 0.5) is 0 Å². The number of aromatic nitrogens is 1. The van der Waals surface area contributed by atoms with Gasteiger partial charge in [-0.1, -0.05) is 24.8 Å². The number of hydrogen-bond donors (Lipinski definition) is 2. The third kappa shape index (κ3) is 1.46. The summed E-state index contributed by atoms with van der Waals surface area (Å²) in [6, 6.07) is 8.51. The van der Waals surface area contributed by atoms with Crippen LogP contribution >= 0.6 is 0 Å². The maximum Gasteiger partial charge on any atom is 0.0461 e. The van der Waals surface area contributed by atoms with Gasteiger partial charge in [-0.2, -0.15) is 0 Å². The van der Waals surface area contributed by atoms with Crippen molar-refractivity contribution < 1.29 is 0 Å². The number of para-hydroxylation sites is 1. The molecule has 0 aliphatic carbocycles. The third-order valence-electron chi connectivity index (χ3n) is 3.32. The molecule has 16 heavy (non-hydrogen) atoms. The first-order valence-corrected chi connectivity index (χ1v) is 5.85. The molecule has 0 spiro atoms. The molecule has 0 bridgehead atoms. The molecule has 0 saturated heterocycles. The third-order valence-corrected chi connectivity index (χ3v) is 3.32. The topological polar surface area (TPSA) is 27.8 Å². The SMILES string of the molecule is C=C1CCNCCc2c1[nH]c1ccccc21. The summed E-state index contributed by atoms with van der Waals surface area (Å²) in [7, 11) is 0. The second kappa shape index (κ2) is 3.80. The van der Waals surface area contributed by atoms with Crippen LogP contribution in [-0.4, -0.2) is 18.1 Å². The molecule has 2 N–H and O–H groups in total. The Bertz CT molecular complexity index is 537. The van der Waals surface area contributed by atoms with Gasteiger partial charge < -0.3 is 10.3 Å². The van der Waals surface area contributed by atoms with Crippen molar-refractivity contribution in [3.05, 3.63) is 42.1 Å². The lowest BCUT2D eigenvalue weighted by Gasteiger charge is -2.13. The minimum Gasteiger partial charge on any atom is -0.355 e. The van der Waals surface area contributed by atoms with Crippen molar-refractivity contribution in [1.82, 2.24) is 10.3 Å². The first-order valence-electron chi connectivity index (χ1n) is 5.85. The average Bonchev–Trinajstić information content (AvgIpc) is 2.65. The quantitative estimate of drug-likeness (QED) is 0.690. The number of benzene rings is 1. The first-order chi connectivity index (χ1) is 7.86. The predicted molar refractivity (Wildman–Crippen MR) is 68.5 cm³/mol. The van der Waals surface area contributed by atoms with Gasteiger partial charge in [-0.3, -0.25) is 0 Å². The summed E-state index contributed by atoms with van der Waals surface area (Å²) >= 11 is 0. The fourth-order valence-corrected chi connectivity index (χ4v) is 2.46. The van der Waals surface area contributed by atoms with Gasteiger partial charge in [-0.15, -0.1) is 0 Å². The number of aromatic amines is 1. The van der Waals surface area contributed by atoms with Crippen molar-refractivity contribution in [2.24, 2.45) is 0 Å². The Morgan fingerprint density at radius 3 is 2.81 bits per heavy atom. The molecule has 1 aromatic carbocycles. The maximum absolute atomic E-state index is 4.18. The van der Waals surface area contributed by atoms with Crippen LogP contribution < -0.4 is 5.32 Å². The van der Waals surface area contributed by atoms with Gasteiger partial charge in [0.25, 0.3) is 0 Å². The summed E-state index contributed by atoms with van der Waals surface area (Å²) < 4.78 is 0. The Kier molecular flexibility index (Phi) is 2.29. The van der Waals surface area contributed by atoms with Crippen LogP contribution in [0.1, 0.15) is 17.7 Å². The molecule has 1 aromatic heterocycles. The zero-order valence-electron chi connectivity index (χ0n) is 9.34. The standard InChI is InChI=1S/C14H16N2/c1-10-6-8-15-9-7-12-11-4-2-3-5-13(11)16-14(10)12/h2-5,15-16H,1,6-9H2. The van der Waals surface area contributed by atoms with Crippen molar-refractivity contribution in [3.8, 4) is 0 Å². The van der Waals surface area contributed by atoms with Gasteiger partial charge in [-0.05, 0) is 43.1 Å². The highest BCUT2D eigenvalue weighted by atomic mass is 14.9. The number of rotatable bonds is 0. The van der Waals surface area contributed by atoms with Crippen molar-refractivity contribution in [1.29, 1.82) is 0 Å². The van der Waals surface area contributed by atoms with Crippen molar-refractivity contribution in [2.75, 3.05) is 13.1 Å². The van der Waals surface area contributed by atoms with Crippen molar-refractivity contribution >= 4 is 16.5 Å². The Morgan fingerprint density at radius 1 is 1.06 bits per heavy atom. The van der Waals surface area contributed by atoms with Crippen LogP contribution in [0.15, 0.2) is 30.8 Å². The van der Waals surface area contributed by atoms with E-state index in [0.29, 0.717) is 0 Å². The highest BCUT2D eigenvalue weighted by Gasteiger charge is 2.14. The second-order valence-corrected chi connectivity index (χ2v) is 4.38. The van der Waals surface area contributed by atoms with Crippen molar-refractivity contribution in [3.63, 3.8) is 0 Å². The minimum absolute atomic E-state index is 1.03. The number of H-pyrrole nitrogens is 1. The smallest absolute Gasteiger partial charge is 0.0461 e. The Hall–Kier alpha value is -1.54. The molecular weight excluding hydrogens is 196 g/mol. The van der Waals surface area contributed by atoms with E-state index in [4.69, 9.17) is 0 Å². The molecule has 0 radical (unpaired) electrons. The molecule has 0 amide bonds. The fourth-order valence-electron chi connectivity index (χ4n) is 2.46. The van der Waals surface area contributed by atoms with Gasteiger partial charge in [0.1, 0.15) is 0 Å². The van der Waals surface area contributed by atoms with Crippen LogP contribution in [0, 0.1) is 0 Å². The van der Waals surface area contributed by atoms with Gasteiger partial charge in [0.2, 0.25) is 0 Å². The van der Waals surface area contributed by atoms with E-state index in [-0.39, 0.29) is 0 Å². The Morgan fingerprint density at radius 2 is 1.88 bits per heavy atom. The normalized spacial score (nSPS) is 16.9. The maximum atomic E-state index is 4.18. The van der Waals surface area contributed by atoms with Crippen LogP contribution in [0.3, 0.4) is 0 Å². The van der Waals surface area contributed by atoms with E-state index >= 15 is 0 Å². The van der Waals surface area contributed by atoms with E-state index < -0.39 is 0 Å². The summed E-state index contributed by atoms with van der Waals surface area (Å²) in [6.45, 7) is 6.27. The average molecular weight is 212 g/mol. The van der Waals surface area contributed by atoms with E-state index in [1.807, 2.05) is 0 Å². The molecule has 3 rings (SSSR count). The van der Waals surface area contributed by atoms with Crippen LogP contribution in [0.2, 0.25) is 0 Å². The van der Waals surface area contributed by atoms with E-state index in [9.17, 15) is 0 Å². The lowest BCUT2D eigenvalue weighted by Crippen LogP contribution is -2.21. The Balaban J connectivity index is 2.23. The van der Waals surface area contributed by atoms with Gasteiger partial charge >= 0.3 is 0 Å². The summed E-state index contributed by atoms with van der Waals surface area (Å²) in [4.78, 5) is 3.51. The van der Waals surface area contributed by atoms with E-state index in [2.05, 4.69) is 41.1 Å². The molecule has 0 saturated carbocycles. The first kappa shape index (κ1) is 9.67. The minimum atomic E-state index is 1.03. The van der Waals surface area contributed by atoms with E-state index in [1.165, 1.54) is 27.7 Å². The summed E-state index contributed by atoms with van der Waals surface area (Å²) in [5, 5.41) is 4.79. The van der Waals surface area contributed by atoms with Gasteiger partial charge in [-0.25, -0.2) is 0 Å². The fraction of sp³-hybridized carbons (Fsp3) is 0.286. The molecule has 2 nitrogen and oxygen atoms in total. The lowest BCUT2D eigenvalue weighted by molar-refractivity contribution is 0.684. The predicted octanol–water partition coefficient (Wildman–Crippen LogP) is 2.72. The zero-order chi connectivity index (χ0) is 11.0. The largest absolute Gasteiger partial charge is 0.355 e. The highest BCUT2D eigenvalue weighted by Crippen LogP contribution is 2.29. The second-order valence-electron chi connectivity index (χ2n) is 4.38. The van der Waals surface area contributed by atoms with Crippen molar-refractivity contribution in [2.45, 2.75) is 12.8 Å². The molecule has 0 atom stereocenters. The van der Waals surface area contributed by atoms with E-state index in [1.54, 1.807) is 0 Å². The van der Waals surface area contributed by atoms with E-state index in [0.717, 1.165) is 25.9 Å². The van der Waals surface area contributed by atoms with Crippen LogP contribution in [-0.2, 0) is 6.42 Å². The summed E-state index contributed by atoms with van der Waals surface area (Å²) in [6.07, 6.45) is 2.11. The van der Waals surface area contributed by atoms with Crippen LogP contribution in [0.5, 0.6) is 0 Å². The number of fused-ring (bicyclic) bond motifs is 3. The lowest BCUT2D eigenvalue weighted by atomic mass is 10.0. The molecule has 1 aliphatic rings. The molecule has 1 aliphatic heterocycles. The molecule has 82 valence electrons. The van der Waals surface area contributed by atoms with Gasteiger partial charge in [0, 0.05) is 16.6 Å². The highest BCUT2D eigenvalue weighted by molar-refractivity contribution is 5.89. The molecule has 0 fully saturated rings. The number of hydrogen-bond acceptors (Lipinski definition) is 1. The summed E-state index contributed by atoms with van der Waals surface area (Å²) in [5.74, 6) is 0. The number of nitrogens with one attached hydrogen (secondary N) is 2. The Labute approximate surface area is 95.4 Å². The molecule has 2 heterocycles.